The Morgan fingerprint density at radius 2 is 1.89 bits per heavy atom. The van der Waals surface area contributed by atoms with Crippen LogP contribution in [0, 0.1) is 19.8 Å². The third-order valence-corrected chi connectivity index (χ3v) is 3.05. The number of nitrogens with one attached hydrogen (secondary N) is 2. The summed E-state index contributed by atoms with van der Waals surface area (Å²) in [7, 11) is 0. The van der Waals surface area contributed by atoms with E-state index < -0.39 is 0 Å². The molecular formula is C15H22N2O2. The van der Waals surface area contributed by atoms with E-state index in [1.807, 2.05) is 45.9 Å². The summed E-state index contributed by atoms with van der Waals surface area (Å²) in [6.45, 7) is 8.00. The number of carbonyl (C=O) groups is 2. The standard InChI is InChI=1S/C15H22N2O2/c1-10(2)15(19)16-9-8-14(18)17-13-7-5-6-11(3)12(13)4/h5-7,10H,8-9H2,1-4H3,(H,16,19)(H,17,18). The molecule has 1 aromatic rings. The zero-order valence-electron chi connectivity index (χ0n) is 12.0. The number of rotatable bonds is 5. The van der Waals surface area contributed by atoms with Gasteiger partial charge in [0.15, 0.2) is 0 Å². The van der Waals surface area contributed by atoms with Gasteiger partial charge in [-0.3, -0.25) is 9.59 Å². The maximum absolute atomic E-state index is 11.8. The van der Waals surface area contributed by atoms with E-state index >= 15 is 0 Å². The van der Waals surface area contributed by atoms with Crippen molar-refractivity contribution < 1.29 is 9.59 Å². The van der Waals surface area contributed by atoms with Gasteiger partial charge in [-0.25, -0.2) is 0 Å². The Balaban J connectivity index is 2.44. The summed E-state index contributed by atoms with van der Waals surface area (Å²) in [5.41, 5.74) is 3.05. The van der Waals surface area contributed by atoms with E-state index in [2.05, 4.69) is 10.6 Å². The molecule has 0 fully saturated rings. The number of carbonyl (C=O) groups excluding carboxylic acids is 2. The van der Waals surface area contributed by atoms with Gasteiger partial charge in [0.2, 0.25) is 11.8 Å². The van der Waals surface area contributed by atoms with Crippen molar-refractivity contribution in [1.29, 1.82) is 0 Å². The van der Waals surface area contributed by atoms with Crippen molar-refractivity contribution >= 4 is 17.5 Å². The first-order valence-corrected chi connectivity index (χ1v) is 6.55. The molecule has 2 N–H and O–H groups in total. The van der Waals surface area contributed by atoms with Crippen molar-refractivity contribution in [3.05, 3.63) is 29.3 Å². The van der Waals surface area contributed by atoms with Crippen LogP contribution in [0.5, 0.6) is 0 Å². The fraction of sp³-hybridized carbons (Fsp3) is 0.467. The molecular weight excluding hydrogens is 240 g/mol. The first kappa shape index (κ1) is 15.2. The van der Waals surface area contributed by atoms with Gasteiger partial charge in [-0.15, -0.1) is 0 Å². The molecule has 0 spiro atoms. The lowest BCUT2D eigenvalue weighted by Gasteiger charge is -2.11. The lowest BCUT2D eigenvalue weighted by molar-refractivity contribution is -0.124. The van der Waals surface area contributed by atoms with Gasteiger partial charge in [0.1, 0.15) is 0 Å². The number of benzene rings is 1. The van der Waals surface area contributed by atoms with Crippen LogP contribution in [0.1, 0.15) is 31.4 Å². The van der Waals surface area contributed by atoms with Crippen LogP contribution >= 0.6 is 0 Å². The number of anilines is 1. The highest BCUT2D eigenvalue weighted by molar-refractivity contribution is 5.92. The number of hydrogen-bond acceptors (Lipinski definition) is 2. The van der Waals surface area contributed by atoms with Crippen molar-refractivity contribution in [3.63, 3.8) is 0 Å². The van der Waals surface area contributed by atoms with Crippen molar-refractivity contribution in [3.8, 4) is 0 Å². The minimum atomic E-state index is -0.0854. The smallest absolute Gasteiger partial charge is 0.226 e. The van der Waals surface area contributed by atoms with E-state index in [-0.39, 0.29) is 24.2 Å². The molecule has 0 atom stereocenters. The van der Waals surface area contributed by atoms with Crippen molar-refractivity contribution in [2.45, 2.75) is 34.1 Å². The topological polar surface area (TPSA) is 58.2 Å². The molecule has 4 heteroatoms. The predicted octanol–water partition coefficient (Wildman–Crippen LogP) is 2.40. The zero-order chi connectivity index (χ0) is 14.4. The van der Waals surface area contributed by atoms with Gasteiger partial charge < -0.3 is 10.6 Å². The van der Waals surface area contributed by atoms with E-state index in [0.717, 1.165) is 16.8 Å². The molecule has 0 aliphatic heterocycles. The average molecular weight is 262 g/mol. The number of hydrogen-bond donors (Lipinski definition) is 2. The summed E-state index contributed by atoms with van der Waals surface area (Å²) in [6, 6.07) is 5.80. The monoisotopic (exact) mass is 262 g/mol. The molecule has 0 aliphatic carbocycles. The minimum absolute atomic E-state index is 0.0282. The molecule has 0 unspecified atom stereocenters. The van der Waals surface area contributed by atoms with Crippen molar-refractivity contribution in [2.24, 2.45) is 5.92 Å². The Kier molecular flexibility index (Phi) is 5.55. The summed E-state index contributed by atoms with van der Waals surface area (Å²) in [5.74, 6) is -0.167. The van der Waals surface area contributed by atoms with Crippen LogP contribution in [0.3, 0.4) is 0 Å². The van der Waals surface area contributed by atoms with Gasteiger partial charge in [-0.1, -0.05) is 26.0 Å². The Hall–Kier alpha value is -1.84. The maximum atomic E-state index is 11.8. The quantitative estimate of drug-likeness (QED) is 0.856. The van der Waals surface area contributed by atoms with Crippen LogP contribution in [0.15, 0.2) is 18.2 Å². The van der Waals surface area contributed by atoms with Gasteiger partial charge in [0, 0.05) is 24.6 Å². The highest BCUT2D eigenvalue weighted by atomic mass is 16.2. The third-order valence-electron chi connectivity index (χ3n) is 3.05. The van der Waals surface area contributed by atoms with Crippen LogP contribution in [0.2, 0.25) is 0 Å². The summed E-state index contributed by atoms with van der Waals surface area (Å²) in [5, 5.41) is 5.59. The van der Waals surface area contributed by atoms with Crippen LogP contribution in [-0.4, -0.2) is 18.4 Å². The van der Waals surface area contributed by atoms with Crippen molar-refractivity contribution in [2.75, 3.05) is 11.9 Å². The minimum Gasteiger partial charge on any atom is -0.355 e. The fourth-order valence-electron chi connectivity index (χ4n) is 1.60. The fourth-order valence-corrected chi connectivity index (χ4v) is 1.60. The normalized spacial score (nSPS) is 10.4. The van der Waals surface area contributed by atoms with Crippen molar-refractivity contribution in [1.82, 2.24) is 5.32 Å². The Morgan fingerprint density at radius 3 is 2.53 bits per heavy atom. The molecule has 0 aromatic heterocycles. The predicted molar refractivity (Wildman–Crippen MR) is 77.0 cm³/mol. The van der Waals surface area contributed by atoms with Gasteiger partial charge >= 0.3 is 0 Å². The molecule has 19 heavy (non-hydrogen) atoms. The molecule has 1 aromatic carbocycles. The van der Waals surface area contributed by atoms with E-state index in [9.17, 15) is 9.59 Å². The first-order chi connectivity index (χ1) is 8.91. The average Bonchev–Trinajstić information content (AvgIpc) is 2.34. The largest absolute Gasteiger partial charge is 0.355 e. The lowest BCUT2D eigenvalue weighted by Crippen LogP contribution is -2.30. The molecule has 0 radical (unpaired) electrons. The molecule has 0 saturated carbocycles. The summed E-state index contributed by atoms with van der Waals surface area (Å²) >= 11 is 0. The van der Waals surface area contributed by atoms with E-state index in [4.69, 9.17) is 0 Å². The van der Waals surface area contributed by atoms with Crippen LogP contribution in [-0.2, 0) is 9.59 Å². The second kappa shape index (κ2) is 6.92. The lowest BCUT2D eigenvalue weighted by atomic mass is 10.1. The van der Waals surface area contributed by atoms with E-state index in [1.54, 1.807) is 0 Å². The maximum Gasteiger partial charge on any atom is 0.226 e. The van der Waals surface area contributed by atoms with Crippen LogP contribution < -0.4 is 10.6 Å². The summed E-state index contributed by atoms with van der Waals surface area (Å²) in [6.07, 6.45) is 0.284. The molecule has 0 saturated heterocycles. The highest BCUT2D eigenvalue weighted by Gasteiger charge is 2.08. The van der Waals surface area contributed by atoms with Crippen LogP contribution in [0.25, 0.3) is 0 Å². The molecule has 4 nitrogen and oxygen atoms in total. The third kappa shape index (κ3) is 4.73. The molecule has 1 rings (SSSR count). The second-order valence-corrected chi connectivity index (χ2v) is 4.99. The Morgan fingerprint density at radius 1 is 1.21 bits per heavy atom. The van der Waals surface area contributed by atoms with Gasteiger partial charge in [0.05, 0.1) is 0 Å². The summed E-state index contributed by atoms with van der Waals surface area (Å²) < 4.78 is 0. The van der Waals surface area contributed by atoms with E-state index in [0.29, 0.717) is 6.54 Å². The summed E-state index contributed by atoms with van der Waals surface area (Å²) in [4.78, 5) is 23.1. The molecule has 0 heterocycles. The molecule has 0 bridgehead atoms. The Bertz CT molecular complexity index is 467. The van der Waals surface area contributed by atoms with Gasteiger partial charge in [-0.05, 0) is 31.0 Å². The Labute approximate surface area is 114 Å². The molecule has 104 valence electrons. The number of amides is 2. The zero-order valence-corrected chi connectivity index (χ0v) is 12.0. The van der Waals surface area contributed by atoms with Crippen LogP contribution in [0.4, 0.5) is 5.69 Å². The molecule has 0 aliphatic rings. The van der Waals surface area contributed by atoms with Gasteiger partial charge in [0.25, 0.3) is 0 Å². The number of aryl methyl sites for hydroxylation is 1. The second-order valence-electron chi connectivity index (χ2n) is 4.99. The SMILES string of the molecule is Cc1cccc(NC(=O)CCNC(=O)C(C)C)c1C. The molecule has 2 amide bonds. The van der Waals surface area contributed by atoms with E-state index in [1.165, 1.54) is 0 Å². The highest BCUT2D eigenvalue weighted by Crippen LogP contribution is 2.17. The van der Waals surface area contributed by atoms with Gasteiger partial charge in [-0.2, -0.15) is 0 Å². The first-order valence-electron chi connectivity index (χ1n) is 6.55.